The van der Waals surface area contributed by atoms with Crippen molar-refractivity contribution in [2.75, 3.05) is 13.7 Å². The number of hydrogen-bond donors (Lipinski definition) is 0. The van der Waals surface area contributed by atoms with Crippen LogP contribution in [-0.2, 0) is 9.53 Å². The molecule has 0 amide bonds. The number of esters is 1. The molecule has 0 aliphatic carbocycles. The summed E-state index contributed by atoms with van der Waals surface area (Å²) in [7, 11) is 1.56. The molecule has 0 spiro atoms. The van der Waals surface area contributed by atoms with E-state index in [9.17, 15) is 4.79 Å². The largest absolute Gasteiger partial charge is 0.496 e. The molecule has 21 heavy (non-hydrogen) atoms. The molecule has 0 saturated heterocycles. The van der Waals surface area contributed by atoms with Crippen molar-refractivity contribution < 1.29 is 14.3 Å². The monoisotopic (exact) mass is 307 g/mol. The molecular weight excluding hydrogens is 294 g/mol. The zero-order valence-corrected chi connectivity index (χ0v) is 12.4. The first-order valence-corrected chi connectivity index (χ1v) is 6.62. The van der Waals surface area contributed by atoms with E-state index in [1.54, 1.807) is 32.2 Å². The van der Waals surface area contributed by atoms with E-state index in [1.165, 1.54) is 23.3 Å². The average molecular weight is 308 g/mol. The van der Waals surface area contributed by atoms with Crippen molar-refractivity contribution in [3.63, 3.8) is 0 Å². The first kappa shape index (κ1) is 15.1. The Balaban J connectivity index is 2.24. The number of methoxy groups -OCH3 is 1. The van der Waals surface area contributed by atoms with E-state index >= 15 is 0 Å². The highest BCUT2D eigenvalue weighted by Gasteiger charge is 2.10. The minimum absolute atomic E-state index is 0.325. The molecule has 1 aromatic carbocycles. The summed E-state index contributed by atoms with van der Waals surface area (Å²) in [6.45, 7) is 2.07. The Morgan fingerprint density at radius 3 is 3.00 bits per heavy atom. The van der Waals surface area contributed by atoms with Crippen LogP contribution in [-0.4, -0.2) is 34.5 Å². The molecular formula is C14H14ClN3O3. The highest BCUT2D eigenvalue weighted by molar-refractivity contribution is 6.30. The van der Waals surface area contributed by atoms with Gasteiger partial charge in [0.1, 0.15) is 12.1 Å². The Bertz CT molecular complexity index is 667. The standard InChI is InChI=1S/C14H14ClN3O3/c1-3-21-13(19)6-7-18-9-16-14(17-18)11-8-10(15)4-5-12(11)20-2/h4-9H,3H2,1-2H3/b7-6-. The SMILES string of the molecule is CCOC(=O)/C=C\n1cnc(-c2cc(Cl)ccc2OC)n1. The zero-order chi connectivity index (χ0) is 15.2. The molecule has 0 atom stereocenters. The lowest BCUT2D eigenvalue weighted by atomic mass is 10.2. The van der Waals surface area contributed by atoms with Gasteiger partial charge in [-0.25, -0.2) is 14.5 Å². The van der Waals surface area contributed by atoms with E-state index in [1.807, 2.05) is 0 Å². The molecule has 0 fully saturated rings. The van der Waals surface area contributed by atoms with E-state index in [4.69, 9.17) is 21.1 Å². The van der Waals surface area contributed by atoms with E-state index in [2.05, 4.69) is 10.1 Å². The van der Waals surface area contributed by atoms with Crippen LogP contribution in [0.5, 0.6) is 5.75 Å². The van der Waals surface area contributed by atoms with Crippen LogP contribution in [0.25, 0.3) is 17.6 Å². The second-order valence-electron chi connectivity index (χ2n) is 3.96. The second-order valence-corrected chi connectivity index (χ2v) is 4.40. The molecule has 6 nitrogen and oxygen atoms in total. The third-order valence-corrected chi connectivity index (χ3v) is 2.80. The Hall–Kier alpha value is -2.34. The van der Waals surface area contributed by atoms with Crippen LogP contribution in [0.2, 0.25) is 5.02 Å². The van der Waals surface area contributed by atoms with Crippen molar-refractivity contribution in [1.29, 1.82) is 0 Å². The van der Waals surface area contributed by atoms with Crippen molar-refractivity contribution >= 4 is 23.8 Å². The van der Waals surface area contributed by atoms with Crippen molar-refractivity contribution in [2.45, 2.75) is 6.92 Å². The Morgan fingerprint density at radius 1 is 1.48 bits per heavy atom. The summed E-state index contributed by atoms with van der Waals surface area (Å²) in [6.07, 6.45) is 4.22. The molecule has 0 aliphatic heterocycles. The maximum Gasteiger partial charge on any atom is 0.332 e. The summed E-state index contributed by atoms with van der Waals surface area (Å²) in [5, 5.41) is 4.79. The smallest absolute Gasteiger partial charge is 0.332 e. The number of carbonyl (C=O) groups excluding carboxylic acids is 1. The molecule has 0 radical (unpaired) electrons. The van der Waals surface area contributed by atoms with Gasteiger partial charge >= 0.3 is 5.97 Å². The number of halogens is 1. The number of carbonyl (C=O) groups is 1. The average Bonchev–Trinajstić information content (AvgIpc) is 2.94. The van der Waals surface area contributed by atoms with Gasteiger partial charge in [0.2, 0.25) is 0 Å². The van der Waals surface area contributed by atoms with Gasteiger partial charge in [-0.15, -0.1) is 5.10 Å². The van der Waals surface area contributed by atoms with Gasteiger partial charge in [-0.05, 0) is 25.1 Å². The zero-order valence-electron chi connectivity index (χ0n) is 11.6. The number of aromatic nitrogens is 3. The third kappa shape index (κ3) is 3.82. The van der Waals surface area contributed by atoms with Crippen LogP contribution in [0.15, 0.2) is 30.6 Å². The number of nitrogens with zero attached hydrogens (tertiary/aromatic N) is 3. The number of benzene rings is 1. The van der Waals surface area contributed by atoms with Gasteiger partial charge in [-0.2, -0.15) is 0 Å². The highest BCUT2D eigenvalue weighted by Crippen LogP contribution is 2.29. The molecule has 0 N–H and O–H groups in total. The van der Waals surface area contributed by atoms with Crippen molar-refractivity contribution in [3.05, 3.63) is 35.6 Å². The van der Waals surface area contributed by atoms with Gasteiger partial charge < -0.3 is 9.47 Å². The maximum atomic E-state index is 11.2. The van der Waals surface area contributed by atoms with Crippen LogP contribution in [0, 0.1) is 0 Å². The summed E-state index contributed by atoms with van der Waals surface area (Å²) in [5.41, 5.74) is 0.674. The summed E-state index contributed by atoms with van der Waals surface area (Å²) in [5.74, 6) is 0.629. The van der Waals surface area contributed by atoms with Crippen LogP contribution in [0.1, 0.15) is 6.92 Å². The maximum absolute atomic E-state index is 11.2. The van der Waals surface area contributed by atoms with Crippen LogP contribution >= 0.6 is 11.6 Å². The van der Waals surface area contributed by atoms with Gasteiger partial charge in [0, 0.05) is 17.3 Å². The normalized spacial score (nSPS) is 10.8. The van der Waals surface area contributed by atoms with E-state index in [0.29, 0.717) is 28.8 Å². The molecule has 110 valence electrons. The lowest BCUT2D eigenvalue weighted by Crippen LogP contribution is -2.00. The highest BCUT2D eigenvalue weighted by atomic mass is 35.5. The van der Waals surface area contributed by atoms with Gasteiger partial charge in [-0.3, -0.25) is 0 Å². The number of ether oxygens (including phenoxy) is 2. The van der Waals surface area contributed by atoms with Crippen LogP contribution in [0.4, 0.5) is 0 Å². The third-order valence-electron chi connectivity index (χ3n) is 2.56. The predicted octanol–water partition coefficient (Wildman–Crippen LogP) is 2.64. The molecule has 0 aliphatic rings. The first-order valence-electron chi connectivity index (χ1n) is 6.24. The molecule has 0 unspecified atom stereocenters. The first-order chi connectivity index (χ1) is 10.1. The fraction of sp³-hybridized carbons (Fsp3) is 0.214. The van der Waals surface area contributed by atoms with Gasteiger partial charge in [0.05, 0.1) is 19.3 Å². The molecule has 2 rings (SSSR count). The molecule has 1 aromatic heterocycles. The van der Waals surface area contributed by atoms with Crippen LogP contribution in [0.3, 0.4) is 0 Å². The minimum atomic E-state index is -0.435. The molecule has 1 heterocycles. The summed E-state index contributed by atoms with van der Waals surface area (Å²) >= 11 is 5.97. The molecule has 0 bridgehead atoms. The Morgan fingerprint density at radius 2 is 2.29 bits per heavy atom. The van der Waals surface area contributed by atoms with Gasteiger partial charge in [0.25, 0.3) is 0 Å². The summed E-state index contributed by atoms with van der Waals surface area (Å²) in [4.78, 5) is 15.4. The van der Waals surface area contributed by atoms with E-state index in [0.717, 1.165) is 0 Å². The molecule has 7 heteroatoms. The Labute approximate surface area is 127 Å². The fourth-order valence-corrected chi connectivity index (χ4v) is 1.82. The van der Waals surface area contributed by atoms with E-state index in [-0.39, 0.29) is 0 Å². The number of rotatable bonds is 5. The van der Waals surface area contributed by atoms with Crippen LogP contribution < -0.4 is 4.74 Å². The van der Waals surface area contributed by atoms with Crippen molar-refractivity contribution in [1.82, 2.24) is 14.8 Å². The van der Waals surface area contributed by atoms with Gasteiger partial charge in [0.15, 0.2) is 5.82 Å². The predicted molar refractivity (Wildman–Crippen MR) is 79.0 cm³/mol. The lowest BCUT2D eigenvalue weighted by Gasteiger charge is -2.05. The fourth-order valence-electron chi connectivity index (χ4n) is 1.65. The second kappa shape index (κ2) is 6.90. The minimum Gasteiger partial charge on any atom is -0.496 e. The summed E-state index contributed by atoms with van der Waals surface area (Å²) in [6, 6.07) is 5.18. The quantitative estimate of drug-likeness (QED) is 0.627. The topological polar surface area (TPSA) is 66.2 Å². The van der Waals surface area contributed by atoms with Crippen molar-refractivity contribution in [3.8, 4) is 17.1 Å². The Kier molecular flexibility index (Phi) is 4.94. The number of hydrogen-bond acceptors (Lipinski definition) is 5. The van der Waals surface area contributed by atoms with Crippen molar-refractivity contribution in [2.24, 2.45) is 0 Å². The lowest BCUT2D eigenvalue weighted by molar-refractivity contribution is -0.137. The molecule has 2 aromatic rings. The van der Waals surface area contributed by atoms with E-state index < -0.39 is 5.97 Å². The molecule has 0 saturated carbocycles. The van der Waals surface area contributed by atoms with Gasteiger partial charge in [-0.1, -0.05) is 11.6 Å². The summed E-state index contributed by atoms with van der Waals surface area (Å²) < 4.78 is 11.4.